The second kappa shape index (κ2) is 8.28. The van der Waals surface area contributed by atoms with Gasteiger partial charge in [0.05, 0.1) is 18.1 Å². The molecule has 0 radical (unpaired) electrons. The fourth-order valence-electron chi connectivity index (χ4n) is 4.27. The Morgan fingerprint density at radius 1 is 1.21 bits per heavy atom. The number of nitrogens with zero attached hydrogens (tertiary/aromatic N) is 4. The van der Waals surface area contributed by atoms with Crippen molar-refractivity contribution in [1.29, 1.82) is 0 Å². The molecule has 28 heavy (non-hydrogen) atoms. The van der Waals surface area contributed by atoms with Crippen LogP contribution in [0.1, 0.15) is 12.8 Å². The predicted octanol–water partition coefficient (Wildman–Crippen LogP) is 2.12. The summed E-state index contributed by atoms with van der Waals surface area (Å²) < 4.78 is 7.30. The number of morpholine rings is 1. The van der Waals surface area contributed by atoms with Crippen molar-refractivity contribution < 1.29 is 14.5 Å². The van der Waals surface area contributed by atoms with E-state index in [-0.39, 0.29) is 18.1 Å². The Labute approximate surface area is 163 Å². The lowest BCUT2D eigenvalue weighted by atomic mass is 9.97. The van der Waals surface area contributed by atoms with Gasteiger partial charge in [0, 0.05) is 62.0 Å². The topological polar surface area (TPSA) is 80.8 Å². The van der Waals surface area contributed by atoms with Crippen molar-refractivity contribution in [3.63, 3.8) is 0 Å². The van der Waals surface area contributed by atoms with E-state index in [4.69, 9.17) is 4.74 Å². The van der Waals surface area contributed by atoms with Crippen molar-refractivity contribution in [3.8, 4) is 0 Å². The van der Waals surface area contributed by atoms with Crippen LogP contribution >= 0.6 is 0 Å². The number of ether oxygens (including phenoxy) is 1. The number of amides is 1. The summed E-state index contributed by atoms with van der Waals surface area (Å²) in [7, 11) is 0. The lowest BCUT2D eigenvalue weighted by Crippen LogP contribution is -2.46. The van der Waals surface area contributed by atoms with E-state index in [0.29, 0.717) is 5.92 Å². The molecule has 1 amide bonds. The van der Waals surface area contributed by atoms with Crippen LogP contribution in [0, 0.1) is 16.0 Å². The molecule has 0 spiro atoms. The van der Waals surface area contributed by atoms with Crippen molar-refractivity contribution in [2.24, 2.45) is 5.92 Å². The van der Waals surface area contributed by atoms with Gasteiger partial charge in [-0.3, -0.25) is 19.8 Å². The Kier molecular flexibility index (Phi) is 5.59. The third kappa shape index (κ3) is 4.18. The molecule has 4 rings (SSSR count). The van der Waals surface area contributed by atoms with Gasteiger partial charge < -0.3 is 14.2 Å². The monoisotopic (exact) mass is 386 g/mol. The number of fused-ring (bicyclic) bond motifs is 1. The molecule has 1 unspecified atom stereocenters. The fourth-order valence-corrected chi connectivity index (χ4v) is 4.27. The van der Waals surface area contributed by atoms with Crippen LogP contribution in [0.15, 0.2) is 30.5 Å². The number of benzene rings is 1. The smallest absolute Gasteiger partial charge is 0.270 e. The highest BCUT2D eigenvalue weighted by molar-refractivity contribution is 5.85. The van der Waals surface area contributed by atoms with Crippen molar-refractivity contribution >= 4 is 22.5 Å². The Balaban J connectivity index is 1.39. The normalized spacial score (nSPS) is 21.1. The van der Waals surface area contributed by atoms with Crippen molar-refractivity contribution in [2.45, 2.75) is 19.4 Å². The van der Waals surface area contributed by atoms with Gasteiger partial charge in [-0.25, -0.2) is 0 Å². The number of nitro benzene ring substituents is 1. The van der Waals surface area contributed by atoms with Crippen LogP contribution in [-0.2, 0) is 16.1 Å². The predicted molar refractivity (Wildman–Crippen MR) is 105 cm³/mol. The van der Waals surface area contributed by atoms with Crippen molar-refractivity contribution in [2.75, 3.05) is 45.9 Å². The summed E-state index contributed by atoms with van der Waals surface area (Å²) >= 11 is 0. The first-order valence-corrected chi connectivity index (χ1v) is 9.91. The molecular weight excluding hydrogens is 360 g/mol. The Hall–Kier alpha value is -2.45. The molecule has 0 N–H and O–H groups in total. The van der Waals surface area contributed by atoms with Crippen molar-refractivity contribution in [1.82, 2.24) is 14.4 Å². The molecule has 1 atom stereocenters. The Morgan fingerprint density at radius 3 is 2.82 bits per heavy atom. The minimum absolute atomic E-state index is 0.0681. The SMILES string of the molecule is O=C(Cn1ccc2cc([N+](=O)[O-])ccc21)N1CCCC(CN2CCOCC2)C1. The van der Waals surface area contributed by atoms with Crippen LogP contribution in [0.2, 0.25) is 0 Å². The molecule has 3 heterocycles. The van der Waals surface area contributed by atoms with Crippen LogP contribution in [0.4, 0.5) is 5.69 Å². The molecule has 2 saturated heterocycles. The molecule has 0 bridgehead atoms. The summed E-state index contributed by atoms with van der Waals surface area (Å²) in [6, 6.07) is 6.59. The van der Waals surface area contributed by atoms with Gasteiger partial charge >= 0.3 is 0 Å². The highest BCUT2D eigenvalue weighted by Gasteiger charge is 2.26. The number of carbonyl (C=O) groups is 1. The van der Waals surface area contributed by atoms with E-state index in [1.807, 2.05) is 21.7 Å². The zero-order chi connectivity index (χ0) is 19.5. The Morgan fingerprint density at radius 2 is 2.04 bits per heavy atom. The molecule has 2 aliphatic heterocycles. The number of non-ortho nitro benzene ring substituents is 1. The average molecular weight is 386 g/mol. The zero-order valence-electron chi connectivity index (χ0n) is 16.0. The molecule has 8 heteroatoms. The summed E-state index contributed by atoms with van der Waals surface area (Å²) in [5, 5.41) is 11.7. The molecule has 1 aromatic heterocycles. The van der Waals surface area contributed by atoms with Crippen LogP contribution in [0.5, 0.6) is 0 Å². The maximum atomic E-state index is 12.9. The van der Waals surface area contributed by atoms with E-state index < -0.39 is 4.92 Å². The highest BCUT2D eigenvalue weighted by atomic mass is 16.6. The van der Waals surface area contributed by atoms with Gasteiger partial charge in [-0.15, -0.1) is 0 Å². The summed E-state index contributed by atoms with van der Waals surface area (Å²) in [5.41, 5.74) is 0.916. The van der Waals surface area contributed by atoms with Gasteiger partial charge in [0.1, 0.15) is 6.54 Å². The first-order chi connectivity index (χ1) is 13.6. The molecule has 2 fully saturated rings. The fraction of sp³-hybridized carbons (Fsp3) is 0.550. The third-order valence-corrected chi connectivity index (χ3v) is 5.76. The van der Waals surface area contributed by atoms with E-state index in [1.54, 1.807) is 12.1 Å². The minimum atomic E-state index is -0.399. The number of likely N-dealkylation sites (tertiary alicyclic amines) is 1. The molecular formula is C20H26N4O4. The number of hydrogen-bond donors (Lipinski definition) is 0. The van der Waals surface area contributed by atoms with Gasteiger partial charge in [0.15, 0.2) is 0 Å². The number of piperidine rings is 1. The first-order valence-electron chi connectivity index (χ1n) is 9.91. The van der Waals surface area contributed by atoms with Gasteiger partial charge in [-0.1, -0.05) is 0 Å². The maximum absolute atomic E-state index is 12.9. The first kappa shape index (κ1) is 18.9. The third-order valence-electron chi connectivity index (χ3n) is 5.76. The Bertz CT molecular complexity index is 859. The van der Waals surface area contributed by atoms with Gasteiger partial charge in [0.2, 0.25) is 5.91 Å². The highest BCUT2D eigenvalue weighted by Crippen LogP contribution is 2.23. The zero-order valence-corrected chi connectivity index (χ0v) is 16.0. The molecule has 0 saturated carbocycles. The lowest BCUT2D eigenvalue weighted by Gasteiger charge is -2.37. The van der Waals surface area contributed by atoms with E-state index >= 15 is 0 Å². The van der Waals surface area contributed by atoms with E-state index in [9.17, 15) is 14.9 Å². The summed E-state index contributed by atoms with van der Waals surface area (Å²) in [5.74, 6) is 0.627. The molecule has 150 valence electrons. The molecule has 8 nitrogen and oxygen atoms in total. The summed E-state index contributed by atoms with van der Waals surface area (Å²) in [6.07, 6.45) is 4.04. The van der Waals surface area contributed by atoms with Gasteiger partial charge in [-0.2, -0.15) is 0 Å². The average Bonchev–Trinajstić information content (AvgIpc) is 3.11. The quantitative estimate of drug-likeness (QED) is 0.581. The van der Waals surface area contributed by atoms with E-state index in [2.05, 4.69) is 4.90 Å². The van der Waals surface area contributed by atoms with Gasteiger partial charge in [-0.05, 0) is 30.9 Å². The number of aromatic nitrogens is 1. The minimum Gasteiger partial charge on any atom is -0.379 e. The summed E-state index contributed by atoms with van der Waals surface area (Å²) in [4.78, 5) is 27.8. The van der Waals surface area contributed by atoms with Crippen molar-refractivity contribution in [3.05, 3.63) is 40.6 Å². The second-order valence-corrected chi connectivity index (χ2v) is 7.70. The molecule has 2 aliphatic rings. The van der Waals surface area contributed by atoms with Crippen LogP contribution < -0.4 is 0 Å². The second-order valence-electron chi connectivity index (χ2n) is 7.70. The molecule has 2 aromatic rings. The maximum Gasteiger partial charge on any atom is 0.270 e. The van der Waals surface area contributed by atoms with Gasteiger partial charge in [0.25, 0.3) is 5.69 Å². The number of hydrogen-bond acceptors (Lipinski definition) is 5. The molecule has 1 aromatic carbocycles. The summed E-state index contributed by atoms with van der Waals surface area (Å²) in [6.45, 7) is 6.47. The standard InChI is InChI=1S/C20H26N4O4/c25-20(15-22-7-5-17-12-18(24(26)27)3-4-19(17)22)23-6-1-2-16(14-23)13-21-8-10-28-11-9-21/h3-5,7,12,16H,1-2,6,8-11,13-15H2. The number of nitro groups is 1. The largest absolute Gasteiger partial charge is 0.379 e. The molecule has 0 aliphatic carbocycles. The van der Waals surface area contributed by atoms with Crippen LogP contribution in [-0.4, -0.2) is 71.1 Å². The van der Waals surface area contributed by atoms with E-state index in [0.717, 1.165) is 69.7 Å². The van der Waals surface area contributed by atoms with E-state index in [1.165, 1.54) is 6.07 Å². The number of carbonyl (C=O) groups excluding carboxylic acids is 1. The van der Waals surface area contributed by atoms with Crippen LogP contribution in [0.3, 0.4) is 0 Å². The van der Waals surface area contributed by atoms with Crippen LogP contribution in [0.25, 0.3) is 10.9 Å². The number of rotatable bonds is 5. The lowest BCUT2D eigenvalue weighted by molar-refractivity contribution is -0.384.